The molecular weight excluding hydrogens is 466 g/mol. The number of carboxylic acid groups (broad SMARTS) is 1. The summed E-state index contributed by atoms with van der Waals surface area (Å²) >= 11 is 0. The molecule has 0 amide bonds. The minimum Gasteiger partial charge on any atom is -0.546 e. The van der Waals surface area contributed by atoms with Crippen molar-refractivity contribution in [3.8, 4) is 5.75 Å². The largest absolute Gasteiger partial charge is 0.546 e. The van der Waals surface area contributed by atoms with Crippen molar-refractivity contribution in [3.05, 3.63) is 29.3 Å². The average molecular weight is 511 g/mol. The molecule has 0 bridgehead atoms. The fraction of sp³-hybridized carbons (Fsp3) is 0.741. The van der Waals surface area contributed by atoms with Crippen LogP contribution >= 0.6 is 0 Å². The number of carbonyl (C=O) groups excluding carboxylic acids is 1. The highest BCUT2D eigenvalue weighted by atomic mass is 16.5. The molecule has 0 aliphatic heterocycles. The van der Waals surface area contributed by atoms with Crippen LogP contribution in [0.25, 0.3) is 0 Å². The lowest BCUT2D eigenvalue weighted by Gasteiger charge is -2.32. The molecule has 0 heterocycles. The standard InChI is InChI=1S/C23H34O5.C4H11NO3/c1-2-3-4-7-17(24)9-10-18-19-11-15-6-5-8-22(28-14-23(26)27)20(15)12-16(19)13-21(18)25;5-4(1-6,2-7)3-8/h5-6,8,16-19,21,24-25H,2-4,7,9-14H2,1H3,(H,26,27);6-8H,1-3,5H2/p-1/t16-,17-,18+,19-,21+;/m0./s1. The Balaban J connectivity index is 0.000000493. The Labute approximate surface area is 213 Å². The molecule has 1 saturated carbocycles. The van der Waals surface area contributed by atoms with Crippen molar-refractivity contribution in [2.24, 2.45) is 23.5 Å². The zero-order valence-corrected chi connectivity index (χ0v) is 21.3. The maximum Gasteiger partial charge on any atom is 0.128 e. The van der Waals surface area contributed by atoms with E-state index in [1.54, 1.807) is 0 Å². The van der Waals surface area contributed by atoms with Crippen LogP contribution in [0, 0.1) is 17.8 Å². The molecule has 1 aromatic carbocycles. The van der Waals surface area contributed by atoms with Gasteiger partial charge in [0.1, 0.15) is 12.4 Å². The predicted octanol–water partition coefficient (Wildman–Crippen LogP) is -0.0907. The number of rotatable bonds is 13. The van der Waals surface area contributed by atoms with Crippen molar-refractivity contribution in [1.29, 1.82) is 0 Å². The van der Waals surface area contributed by atoms with Crippen molar-refractivity contribution in [3.63, 3.8) is 0 Å². The Kier molecular flexibility index (Phi) is 12.6. The summed E-state index contributed by atoms with van der Waals surface area (Å²) in [5, 5.41) is 56.7. The third-order valence-corrected chi connectivity index (χ3v) is 7.61. The lowest BCUT2D eigenvalue weighted by molar-refractivity contribution is -0.307. The van der Waals surface area contributed by atoms with Gasteiger partial charge in [-0.05, 0) is 73.5 Å². The Morgan fingerprint density at radius 3 is 2.44 bits per heavy atom. The van der Waals surface area contributed by atoms with E-state index in [4.69, 9.17) is 25.8 Å². The van der Waals surface area contributed by atoms with Gasteiger partial charge in [0.05, 0.1) is 43.5 Å². The maximum atomic E-state index is 10.7. The first-order valence-corrected chi connectivity index (χ1v) is 13.1. The molecule has 2 aliphatic rings. The van der Waals surface area contributed by atoms with Crippen LogP contribution in [0.1, 0.15) is 63.0 Å². The van der Waals surface area contributed by atoms with E-state index >= 15 is 0 Å². The van der Waals surface area contributed by atoms with Gasteiger partial charge in [0.25, 0.3) is 0 Å². The molecule has 206 valence electrons. The summed E-state index contributed by atoms with van der Waals surface area (Å²) in [6, 6.07) is 5.80. The van der Waals surface area contributed by atoms with Gasteiger partial charge < -0.3 is 45.9 Å². The second-order valence-electron chi connectivity index (χ2n) is 10.4. The number of hydrogen-bond acceptors (Lipinski definition) is 9. The number of fused-ring (bicyclic) bond motifs is 2. The van der Waals surface area contributed by atoms with Crippen LogP contribution in [0.5, 0.6) is 5.75 Å². The third kappa shape index (κ3) is 8.68. The molecule has 9 heteroatoms. The topological polar surface area (TPSA) is 177 Å². The van der Waals surface area contributed by atoms with Gasteiger partial charge >= 0.3 is 0 Å². The Morgan fingerprint density at radius 1 is 1.17 bits per heavy atom. The van der Waals surface area contributed by atoms with Gasteiger partial charge in [0.2, 0.25) is 0 Å². The number of nitrogens with two attached hydrogens (primary N) is 1. The molecule has 3 rings (SSSR count). The Hall–Kier alpha value is -1.75. The molecule has 2 aliphatic carbocycles. The van der Waals surface area contributed by atoms with E-state index in [1.165, 1.54) is 5.56 Å². The highest BCUT2D eigenvalue weighted by molar-refractivity contribution is 5.66. The molecule has 1 fully saturated rings. The molecule has 7 N–H and O–H groups in total. The van der Waals surface area contributed by atoms with Crippen LogP contribution in [0.2, 0.25) is 0 Å². The minimum atomic E-state index is -1.22. The molecule has 1 aromatic rings. The fourth-order valence-corrected chi connectivity index (χ4v) is 5.39. The zero-order valence-electron chi connectivity index (χ0n) is 21.3. The van der Waals surface area contributed by atoms with E-state index in [2.05, 4.69) is 13.0 Å². The normalized spacial score (nSPS) is 23.8. The van der Waals surface area contributed by atoms with Crippen molar-refractivity contribution in [1.82, 2.24) is 0 Å². The second-order valence-corrected chi connectivity index (χ2v) is 10.4. The summed E-state index contributed by atoms with van der Waals surface area (Å²) in [7, 11) is 0. The maximum absolute atomic E-state index is 10.7. The molecule has 36 heavy (non-hydrogen) atoms. The van der Waals surface area contributed by atoms with Crippen molar-refractivity contribution in [2.45, 2.75) is 82.5 Å². The lowest BCUT2D eigenvalue weighted by atomic mass is 9.73. The number of aliphatic hydroxyl groups excluding tert-OH is 5. The van der Waals surface area contributed by atoms with Crippen LogP contribution in [0.4, 0.5) is 0 Å². The Bertz CT molecular complexity index is 792. The fourth-order valence-electron chi connectivity index (χ4n) is 5.39. The van der Waals surface area contributed by atoms with E-state index in [0.717, 1.165) is 63.4 Å². The van der Waals surface area contributed by atoms with Crippen LogP contribution in [-0.4, -0.2) is 75.7 Å². The summed E-state index contributed by atoms with van der Waals surface area (Å²) in [5.41, 5.74) is 6.21. The average Bonchev–Trinajstić information content (AvgIpc) is 3.18. The lowest BCUT2D eigenvalue weighted by Crippen LogP contribution is -2.50. The molecule has 0 spiro atoms. The summed E-state index contributed by atoms with van der Waals surface area (Å²) in [4.78, 5) is 10.7. The molecule has 5 atom stereocenters. The van der Waals surface area contributed by atoms with Gasteiger partial charge in [-0.15, -0.1) is 0 Å². The highest BCUT2D eigenvalue weighted by Gasteiger charge is 2.44. The summed E-state index contributed by atoms with van der Waals surface area (Å²) in [6.45, 7) is 0.517. The molecule has 0 unspecified atom stereocenters. The van der Waals surface area contributed by atoms with Gasteiger partial charge in [-0.25, -0.2) is 0 Å². The molecule has 0 radical (unpaired) electrons. The summed E-state index contributed by atoms with van der Waals surface area (Å²) < 4.78 is 5.44. The quantitative estimate of drug-likeness (QED) is 0.198. The minimum absolute atomic E-state index is 0.228. The molecular formula is C27H44NO8-. The second kappa shape index (κ2) is 14.9. The van der Waals surface area contributed by atoms with Gasteiger partial charge in [-0.3, -0.25) is 0 Å². The van der Waals surface area contributed by atoms with Gasteiger partial charge in [0, 0.05) is 0 Å². The van der Waals surface area contributed by atoms with E-state index in [9.17, 15) is 20.1 Å². The van der Waals surface area contributed by atoms with Crippen molar-refractivity contribution < 1.29 is 40.2 Å². The van der Waals surface area contributed by atoms with E-state index in [0.29, 0.717) is 17.6 Å². The number of carbonyl (C=O) groups is 1. The first kappa shape index (κ1) is 30.5. The number of aliphatic hydroxyl groups is 5. The number of aliphatic carboxylic acids is 1. The van der Waals surface area contributed by atoms with Crippen LogP contribution in [0.15, 0.2) is 18.2 Å². The Morgan fingerprint density at radius 2 is 1.86 bits per heavy atom. The van der Waals surface area contributed by atoms with Gasteiger partial charge in [-0.2, -0.15) is 0 Å². The van der Waals surface area contributed by atoms with E-state index < -0.39 is 37.9 Å². The van der Waals surface area contributed by atoms with Crippen LogP contribution in [-0.2, 0) is 17.6 Å². The van der Waals surface area contributed by atoms with Gasteiger partial charge in [-0.1, -0.05) is 38.3 Å². The smallest absolute Gasteiger partial charge is 0.128 e. The van der Waals surface area contributed by atoms with Gasteiger partial charge in [0.15, 0.2) is 0 Å². The number of carboxylic acids is 1. The number of unbranched alkanes of at least 4 members (excludes halogenated alkanes) is 2. The number of benzene rings is 1. The monoisotopic (exact) mass is 510 g/mol. The molecule has 0 aromatic heterocycles. The number of ether oxygens (including phenoxy) is 1. The summed E-state index contributed by atoms with van der Waals surface area (Å²) in [5.74, 6) is 0.440. The van der Waals surface area contributed by atoms with Crippen molar-refractivity contribution >= 4 is 5.97 Å². The zero-order chi connectivity index (χ0) is 26.7. The number of hydrogen-bond donors (Lipinski definition) is 6. The predicted molar refractivity (Wildman–Crippen MR) is 133 cm³/mol. The molecule has 9 nitrogen and oxygen atoms in total. The third-order valence-electron chi connectivity index (χ3n) is 7.61. The van der Waals surface area contributed by atoms with E-state index in [-0.39, 0.29) is 18.1 Å². The SMILES string of the molecule is CCCCC[C@H](O)CC[C@@H]1[C@H]2Cc3cccc(OCC(=O)[O-])c3C[C@H]2C[C@H]1O.NC(CO)(CO)CO. The highest BCUT2D eigenvalue weighted by Crippen LogP contribution is 2.48. The summed E-state index contributed by atoms with van der Waals surface area (Å²) in [6.07, 6.45) is 7.76. The first-order valence-electron chi connectivity index (χ1n) is 13.1. The first-order chi connectivity index (χ1) is 17.2. The van der Waals surface area contributed by atoms with Crippen LogP contribution < -0.4 is 15.6 Å². The van der Waals surface area contributed by atoms with Crippen LogP contribution in [0.3, 0.4) is 0 Å². The van der Waals surface area contributed by atoms with Crippen molar-refractivity contribution in [2.75, 3.05) is 26.4 Å². The van der Waals surface area contributed by atoms with E-state index in [1.807, 2.05) is 12.1 Å². The molecule has 0 saturated heterocycles.